The van der Waals surface area contributed by atoms with Crippen LogP contribution >= 0.6 is 0 Å². The normalized spacial score (nSPS) is 20.0. The molecule has 1 heterocycles. The van der Waals surface area contributed by atoms with Crippen LogP contribution < -0.4 is 10.2 Å². The van der Waals surface area contributed by atoms with Gasteiger partial charge in [0.05, 0.1) is 6.42 Å². The zero-order valence-electron chi connectivity index (χ0n) is 14.3. The standard InChI is InChI=1S/C20H22N2O3/c1-15-7-9-17(10-8-15)21-19(23)13-18-20(24)25-12-11-22(18)14-16-5-3-2-4-6-16/h2-10,18H,11-14H2,1H3,(H,21,23)/p+1/t18-/m1/s1. The molecular formula is C20H23N2O3+. The average Bonchev–Trinajstić information content (AvgIpc) is 2.61. The molecule has 2 atom stereocenters. The number of ether oxygens (including phenoxy) is 1. The molecule has 0 spiro atoms. The molecule has 0 aliphatic carbocycles. The topological polar surface area (TPSA) is 59.8 Å². The number of cyclic esters (lactones) is 1. The van der Waals surface area contributed by atoms with Crippen LogP contribution in [0, 0.1) is 6.92 Å². The predicted octanol–water partition coefficient (Wildman–Crippen LogP) is 1.33. The second-order valence-corrected chi connectivity index (χ2v) is 6.41. The summed E-state index contributed by atoms with van der Waals surface area (Å²) in [5.41, 5.74) is 3.02. The summed E-state index contributed by atoms with van der Waals surface area (Å²) in [5.74, 6) is -0.463. The van der Waals surface area contributed by atoms with E-state index in [1.165, 1.54) is 0 Å². The number of aryl methyl sites for hydroxylation is 1. The maximum atomic E-state index is 12.4. The van der Waals surface area contributed by atoms with Crippen molar-refractivity contribution < 1.29 is 19.2 Å². The molecule has 2 aromatic carbocycles. The Morgan fingerprint density at radius 1 is 1.16 bits per heavy atom. The number of hydrogen-bond acceptors (Lipinski definition) is 3. The van der Waals surface area contributed by atoms with E-state index in [4.69, 9.17) is 4.74 Å². The molecule has 0 saturated carbocycles. The highest BCUT2D eigenvalue weighted by molar-refractivity contribution is 5.93. The van der Waals surface area contributed by atoms with Gasteiger partial charge in [0.2, 0.25) is 5.91 Å². The van der Waals surface area contributed by atoms with E-state index in [2.05, 4.69) is 5.32 Å². The van der Waals surface area contributed by atoms with E-state index in [-0.39, 0.29) is 18.3 Å². The maximum Gasteiger partial charge on any atom is 0.365 e. The Morgan fingerprint density at radius 2 is 1.88 bits per heavy atom. The monoisotopic (exact) mass is 339 g/mol. The summed E-state index contributed by atoms with van der Waals surface area (Å²) >= 11 is 0. The first kappa shape index (κ1) is 17.2. The minimum Gasteiger partial charge on any atom is -0.455 e. The Bertz CT molecular complexity index is 728. The summed E-state index contributed by atoms with van der Waals surface area (Å²) in [5, 5.41) is 2.86. The molecule has 2 N–H and O–H groups in total. The van der Waals surface area contributed by atoms with E-state index < -0.39 is 6.04 Å². The molecule has 1 aliphatic rings. The van der Waals surface area contributed by atoms with Gasteiger partial charge in [-0.1, -0.05) is 48.0 Å². The van der Waals surface area contributed by atoms with Gasteiger partial charge in [-0.05, 0) is 19.1 Å². The van der Waals surface area contributed by atoms with Crippen LogP contribution in [-0.4, -0.2) is 31.1 Å². The minimum absolute atomic E-state index is 0.120. The molecule has 130 valence electrons. The number of morpholine rings is 1. The molecule has 0 bridgehead atoms. The predicted molar refractivity (Wildman–Crippen MR) is 95.1 cm³/mol. The lowest BCUT2D eigenvalue weighted by molar-refractivity contribution is -0.934. The summed E-state index contributed by atoms with van der Waals surface area (Å²) in [7, 11) is 0. The van der Waals surface area contributed by atoms with Crippen LogP contribution in [0.2, 0.25) is 0 Å². The first-order valence-electron chi connectivity index (χ1n) is 8.53. The lowest BCUT2D eigenvalue weighted by Gasteiger charge is -2.30. The summed E-state index contributed by atoms with van der Waals surface area (Å²) in [4.78, 5) is 25.7. The largest absolute Gasteiger partial charge is 0.455 e. The Balaban J connectivity index is 1.65. The molecule has 1 aliphatic heterocycles. The van der Waals surface area contributed by atoms with Crippen molar-refractivity contribution in [3.05, 3.63) is 65.7 Å². The fourth-order valence-electron chi connectivity index (χ4n) is 3.06. The third-order valence-electron chi connectivity index (χ3n) is 4.44. The van der Waals surface area contributed by atoms with Crippen LogP contribution in [0.4, 0.5) is 5.69 Å². The van der Waals surface area contributed by atoms with Crippen molar-refractivity contribution in [3.8, 4) is 0 Å². The van der Waals surface area contributed by atoms with Crippen molar-refractivity contribution in [1.82, 2.24) is 0 Å². The van der Waals surface area contributed by atoms with Crippen molar-refractivity contribution >= 4 is 17.6 Å². The van der Waals surface area contributed by atoms with Gasteiger partial charge in [-0.2, -0.15) is 0 Å². The highest BCUT2D eigenvalue weighted by Gasteiger charge is 2.37. The highest BCUT2D eigenvalue weighted by atomic mass is 16.5. The Hall–Kier alpha value is -2.66. The van der Waals surface area contributed by atoms with Crippen molar-refractivity contribution in [2.45, 2.75) is 25.9 Å². The molecular weight excluding hydrogens is 316 g/mol. The lowest BCUT2D eigenvalue weighted by atomic mass is 10.1. The van der Waals surface area contributed by atoms with Gasteiger partial charge in [-0.25, -0.2) is 4.79 Å². The fraction of sp³-hybridized carbons (Fsp3) is 0.300. The molecule has 3 rings (SSSR count). The van der Waals surface area contributed by atoms with Gasteiger partial charge in [0, 0.05) is 11.3 Å². The number of quaternary nitrogens is 1. The third kappa shape index (κ3) is 4.67. The maximum absolute atomic E-state index is 12.4. The van der Waals surface area contributed by atoms with Crippen LogP contribution in [0.15, 0.2) is 54.6 Å². The van der Waals surface area contributed by atoms with Crippen molar-refractivity contribution in [2.24, 2.45) is 0 Å². The summed E-state index contributed by atoms with van der Waals surface area (Å²) in [6.45, 7) is 3.81. The number of nitrogens with one attached hydrogen (secondary N) is 2. The number of rotatable bonds is 5. The van der Waals surface area contributed by atoms with E-state index >= 15 is 0 Å². The fourth-order valence-corrected chi connectivity index (χ4v) is 3.06. The van der Waals surface area contributed by atoms with Crippen LogP contribution in [0.25, 0.3) is 0 Å². The quantitative estimate of drug-likeness (QED) is 0.808. The smallest absolute Gasteiger partial charge is 0.365 e. The lowest BCUT2D eigenvalue weighted by Crippen LogP contribution is -3.17. The first-order valence-corrected chi connectivity index (χ1v) is 8.53. The average molecular weight is 339 g/mol. The van der Waals surface area contributed by atoms with Crippen LogP contribution in [0.1, 0.15) is 17.5 Å². The van der Waals surface area contributed by atoms with E-state index in [1.54, 1.807) is 0 Å². The van der Waals surface area contributed by atoms with Gasteiger partial charge < -0.3 is 15.0 Å². The van der Waals surface area contributed by atoms with E-state index in [0.29, 0.717) is 19.7 Å². The van der Waals surface area contributed by atoms with Crippen LogP contribution in [-0.2, 0) is 20.9 Å². The third-order valence-corrected chi connectivity index (χ3v) is 4.44. The molecule has 1 saturated heterocycles. The van der Waals surface area contributed by atoms with Gasteiger partial charge in [0.1, 0.15) is 19.7 Å². The number of benzene rings is 2. The Kier molecular flexibility index (Phi) is 5.46. The van der Waals surface area contributed by atoms with Gasteiger partial charge >= 0.3 is 5.97 Å². The summed E-state index contributed by atoms with van der Waals surface area (Å²) in [6, 6.07) is 17.1. The van der Waals surface area contributed by atoms with Crippen LogP contribution in [0.5, 0.6) is 0 Å². The second-order valence-electron chi connectivity index (χ2n) is 6.41. The highest BCUT2D eigenvalue weighted by Crippen LogP contribution is 2.10. The van der Waals surface area contributed by atoms with E-state index in [9.17, 15) is 9.59 Å². The van der Waals surface area contributed by atoms with Gasteiger partial charge in [0.25, 0.3) is 0 Å². The molecule has 5 heteroatoms. The number of amides is 1. The number of hydrogen-bond donors (Lipinski definition) is 2. The zero-order valence-corrected chi connectivity index (χ0v) is 14.3. The van der Waals surface area contributed by atoms with Crippen molar-refractivity contribution in [3.63, 3.8) is 0 Å². The minimum atomic E-state index is -0.473. The van der Waals surface area contributed by atoms with Gasteiger partial charge in [0.15, 0.2) is 6.04 Å². The second kappa shape index (κ2) is 7.94. The van der Waals surface area contributed by atoms with Crippen molar-refractivity contribution in [2.75, 3.05) is 18.5 Å². The number of esters is 1. The molecule has 0 aromatic heterocycles. The van der Waals surface area contributed by atoms with Gasteiger partial charge in [-0.3, -0.25) is 4.79 Å². The number of anilines is 1. The molecule has 25 heavy (non-hydrogen) atoms. The summed E-state index contributed by atoms with van der Waals surface area (Å²) in [6.07, 6.45) is 0.120. The van der Waals surface area contributed by atoms with E-state index in [1.807, 2.05) is 61.5 Å². The molecule has 1 unspecified atom stereocenters. The Morgan fingerprint density at radius 3 is 2.60 bits per heavy atom. The molecule has 1 fully saturated rings. The SMILES string of the molecule is Cc1ccc(NC(=O)C[C@@H]2C(=O)OCC[NH+]2Cc2ccccc2)cc1. The van der Waals surface area contributed by atoms with Gasteiger partial charge in [-0.15, -0.1) is 0 Å². The van der Waals surface area contributed by atoms with Crippen LogP contribution in [0.3, 0.4) is 0 Å². The molecule has 0 radical (unpaired) electrons. The molecule has 5 nitrogen and oxygen atoms in total. The number of carbonyl (C=O) groups excluding carboxylic acids is 2. The van der Waals surface area contributed by atoms with E-state index in [0.717, 1.165) is 21.7 Å². The number of carbonyl (C=O) groups is 2. The Labute approximate surface area is 147 Å². The first-order chi connectivity index (χ1) is 12.1. The summed E-state index contributed by atoms with van der Waals surface area (Å²) < 4.78 is 5.19. The molecule has 2 aromatic rings. The zero-order chi connectivity index (χ0) is 17.6. The van der Waals surface area contributed by atoms with Crippen molar-refractivity contribution in [1.29, 1.82) is 0 Å². The molecule has 1 amide bonds.